The Bertz CT molecular complexity index is 454. The van der Waals surface area contributed by atoms with Gasteiger partial charge in [0.05, 0.1) is 0 Å². The van der Waals surface area contributed by atoms with Crippen LogP contribution in [0.25, 0.3) is 0 Å². The molecule has 1 aliphatic heterocycles. The smallest absolute Gasteiger partial charge is 0.410 e. The standard InChI is InChI=1S/C18H27NO2/c1-3-4-5-6-10-15(2)16-11-7-8-12-17(16)21-18(20)19-13-9-14-19/h7-8,11-12,15H,3-6,9-10,13-14H2,1-2H3. The number of ether oxygens (including phenoxy) is 1. The molecule has 1 aromatic carbocycles. The van der Waals surface area contributed by atoms with E-state index in [1.54, 1.807) is 4.90 Å². The van der Waals surface area contributed by atoms with E-state index in [0.717, 1.165) is 37.2 Å². The van der Waals surface area contributed by atoms with E-state index in [2.05, 4.69) is 19.9 Å². The number of rotatable bonds is 7. The summed E-state index contributed by atoms with van der Waals surface area (Å²) < 4.78 is 5.59. The van der Waals surface area contributed by atoms with E-state index in [9.17, 15) is 4.79 Å². The van der Waals surface area contributed by atoms with Gasteiger partial charge in [0.1, 0.15) is 5.75 Å². The fraction of sp³-hybridized carbons (Fsp3) is 0.611. The van der Waals surface area contributed by atoms with Crippen molar-refractivity contribution in [1.29, 1.82) is 0 Å². The van der Waals surface area contributed by atoms with Gasteiger partial charge in [0, 0.05) is 13.1 Å². The third-order valence-corrected chi connectivity index (χ3v) is 4.25. The Morgan fingerprint density at radius 2 is 2.00 bits per heavy atom. The monoisotopic (exact) mass is 289 g/mol. The first-order valence-corrected chi connectivity index (χ1v) is 8.28. The summed E-state index contributed by atoms with van der Waals surface area (Å²) in [5, 5.41) is 0. The number of likely N-dealkylation sites (tertiary alicyclic amines) is 1. The third-order valence-electron chi connectivity index (χ3n) is 4.25. The predicted molar refractivity (Wildman–Crippen MR) is 85.8 cm³/mol. The molecule has 2 rings (SSSR count). The van der Waals surface area contributed by atoms with Crippen LogP contribution in [0.4, 0.5) is 4.79 Å². The van der Waals surface area contributed by atoms with Crippen LogP contribution in [0, 0.1) is 0 Å². The molecule has 1 amide bonds. The number of amides is 1. The van der Waals surface area contributed by atoms with E-state index in [1.807, 2.05) is 18.2 Å². The summed E-state index contributed by atoms with van der Waals surface area (Å²) in [6.07, 6.45) is 7.13. The van der Waals surface area contributed by atoms with Crippen LogP contribution in [-0.4, -0.2) is 24.1 Å². The summed E-state index contributed by atoms with van der Waals surface area (Å²) in [6.45, 7) is 6.11. The van der Waals surface area contributed by atoms with Crippen LogP contribution in [0.15, 0.2) is 24.3 Å². The van der Waals surface area contributed by atoms with Crippen LogP contribution >= 0.6 is 0 Å². The molecule has 1 saturated heterocycles. The Kier molecular flexibility index (Phi) is 6.09. The van der Waals surface area contributed by atoms with Gasteiger partial charge in [0.2, 0.25) is 0 Å². The zero-order valence-electron chi connectivity index (χ0n) is 13.3. The van der Waals surface area contributed by atoms with Crippen LogP contribution in [0.2, 0.25) is 0 Å². The molecule has 3 heteroatoms. The predicted octanol–water partition coefficient (Wildman–Crippen LogP) is 4.97. The quantitative estimate of drug-likeness (QED) is 0.664. The highest BCUT2D eigenvalue weighted by molar-refractivity contribution is 5.72. The number of para-hydroxylation sites is 1. The van der Waals surface area contributed by atoms with Crippen LogP contribution in [0.5, 0.6) is 5.75 Å². The van der Waals surface area contributed by atoms with Crippen molar-refractivity contribution in [3.63, 3.8) is 0 Å². The second-order valence-corrected chi connectivity index (χ2v) is 6.00. The van der Waals surface area contributed by atoms with Gasteiger partial charge in [-0.3, -0.25) is 0 Å². The number of hydrogen-bond acceptors (Lipinski definition) is 2. The molecule has 0 radical (unpaired) electrons. The molecule has 3 nitrogen and oxygen atoms in total. The SMILES string of the molecule is CCCCCCC(C)c1ccccc1OC(=O)N1CCC1. The third kappa shape index (κ3) is 4.48. The van der Waals surface area contributed by atoms with Crippen molar-refractivity contribution >= 4 is 6.09 Å². The molecule has 1 unspecified atom stereocenters. The Morgan fingerprint density at radius 3 is 2.67 bits per heavy atom. The lowest BCUT2D eigenvalue weighted by Gasteiger charge is -2.30. The molecule has 0 aliphatic carbocycles. The zero-order valence-corrected chi connectivity index (χ0v) is 13.3. The molecule has 0 N–H and O–H groups in total. The van der Waals surface area contributed by atoms with Crippen molar-refractivity contribution < 1.29 is 9.53 Å². The molecule has 1 fully saturated rings. The van der Waals surface area contributed by atoms with E-state index in [1.165, 1.54) is 25.7 Å². The van der Waals surface area contributed by atoms with Gasteiger partial charge in [-0.25, -0.2) is 4.79 Å². The summed E-state index contributed by atoms with van der Waals surface area (Å²) in [4.78, 5) is 13.7. The zero-order chi connectivity index (χ0) is 15.1. The molecule has 1 heterocycles. The average molecular weight is 289 g/mol. The highest BCUT2D eigenvalue weighted by Gasteiger charge is 2.23. The van der Waals surface area contributed by atoms with E-state index >= 15 is 0 Å². The summed E-state index contributed by atoms with van der Waals surface area (Å²) in [5.41, 5.74) is 1.16. The normalized spacial score (nSPS) is 15.4. The molecule has 0 saturated carbocycles. The summed E-state index contributed by atoms with van der Waals surface area (Å²) in [5.74, 6) is 1.17. The van der Waals surface area contributed by atoms with Crippen molar-refractivity contribution in [2.45, 2.75) is 58.3 Å². The molecule has 1 aliphatic rings. The van der Waals surface area contributed by atoms with Gasteiger partial charge in [-0.05, 0) is 30.4 Å². The minimum atomic E-state index is -0.202. The summed E-state index contributed by atoms with van der Waals surface area (Å²) in [7, 11) is 0. The van der Waals surface area contributed by atoms with E-state index < -0.39 is 0 Å². The van der Waals surface area contributed by atoms with Crippen molar-refractivity contribution in [2.75, 3.05) is 13.1 Å². The summed E-state index contributed by atoms with van der Waals surface area (Å²) >= 11 is 0. The van der Waals surface area contributed by atoms with E-state index in [-0.39, 0.29) is 6.09 Å². The van der Waals surface area contributed by atoms with Crippen LogP contribution in [0.1, 0.15) is 63.9 Å². The topological polar surface area (TPSA) is 29.5 Å². The fourth-order valence-electron chi connectivity index (χ4n) is 2.67. The maximum atomic E-state index is 12.0. The molecule has 0 spiro atoms. The maximum absolute atomic E-state index is 12.0. The van der Waals surface area contributed by atoms with E-state index in [4.69, 9.17) is 4.74 Å². The highest BCUT2D eigenvalue weighted by atomic mass is 16.6. The van der Waals surface area contributed by atoms with E-state index in [0.29, 0.717) is 5.92 Å². The summed E-state index contributed by atoms with van der Waals surface area (Å²) in [6, 6.07) is 7.96. The lowest BCUT2D eigenvalue weighted by atomic mass is 9.94. The number of benzene rings is 1. The molecule has 1 aromatic rings. The lowest BCUT2D eigenvalue weighted by Crippen LogP contribution is -2.43. The Morgan fingerprint density at radius 1 is 1.24 bits per heavy atom. The van der Waals surface area contributed by atoms with Crippen LogP contribution in [0.3, 0.4) is 0 Å². The second kappa shape index (κ2) is 8.06. The van der Waals surface area contributed by atoms with Crippen molar-refractivity contribution in [3.05, 3.63) is 29.8 Å². The number of hydrogen-bond donors (Lipinski definition) is 0. The molecule has 0 bridgehead atoms. The highest BCUT2D eigenvalue weighted by Crippen LogP contribution is 2.30. The van der Waals surface area contributed by atoms with Crippen LogP contribution in [-0.2, 0) is 0 Å². The number of unbranched alkanes of at least 4 members (excludes halogenated alkanes) is 3. The Labute approximate surface area is 128 Å². The van der Waals surface area contributed by atoms with Gasteiger partial charge in [-0.1, -0.05) is 57.7 Å². The number of nitrogens with zero attached hydrogens (tertiary/aromatic N) is 1. The van der Waals surface area contributed by atoms with Crippen molar-refractivity contribution in [2.24, 2.45) is 0 Å². The first-order chi connectivity index (χ1) is 10.2. The molecular weight excluding hydrogens is 262 g/mol. The maximum Gasteiger partial charge on any atom is 0.415 e. The second-order valence-electron chi connectivity index (χ2n) is 6.00. The van der Waals surface area contributed by atoms with Gasteiger partial charge < -0.3 is 9.64 Å². The Hall–Kier alpha value is -1.51. The minimum absolute atomic E-state index is 0.202. The van der Waals surface area contributed by atoms with Gasteiger partial charge in [0.25, 0.3) is 0 Å². The average Bonchev–Trinajstić information content (AvgIpc) is 2.42. The molecule has 21 heavy (non-hydrogen) atoms. The van der Waals surface area contributed by atoms with Gasteiger partial charge in [0.15, 0.2) is 0 Å². The minimum Gasteiger partial charge on any atom is -0.410 e. The lowest BCUT2D eigenvalue weighted by molar-refractivity contribution is 0.124. The van der Waals surface area contributed by atoms with Gasteiger partial charge in [-0.15, -0.1) is 0 Å². The fourth-order valence-corrected chi connectivity index (χ4v) is 2.67. The van der Waals surface area contributed by atoms with Crippen LogP contribution < -0.4 is 4.74 Å². The molecule has 116 valence electrons. The first-order valence-electron chi connectivity index (χ1n) is 8.28. The Balaban J connectivity index is 1.93. The number of carbonyl (C=O) groups excluding carboxylic acids is 1. The molecule has 1 atom stereocenters. The largest absolute Gasteiger partial charge is 0.415 e. The van der Waals surface area contributed by atoms with Crippen molar-refractivity contribution in [3.8, 4) is 5.75 Å². The number of carbonyl (C=O) groups is 1. The van der Waals surface area contributed by atoms with Gasteiger partial charge in [-0.2, -0.15) is 0 Å². The van der Waals surface area contributed by atoms with Crippen molar-refractivity contribution in [1.82, 2.24) is 4.90 Å². The van der Waals surface area contributed by atoms with Gasteiger partial charge >= 0.3 is 6.09 Å². The molecule has 0 aromatic heterocycles. The first kappa shape index (κ1) is 15.9. The molecular formula is C18H27NO2.